The van der Waals surface area contributed by atoms with Gasteiger partial charge >= 0.3 is 5.97 Å². The fraction of sp³-hybridized carbons (Fsp3) is 0.211. The number of ether oxygens (including phenoxy) is 1. The van der Waals surface area contributed by atoms with Gasteiger partial charge < -0.3 is 9.30 Å². The molecule has 0 aliphatic carbocycles. The summed E-state index contributed by atoms with van der Waals surface area (Å²) in [6.45, 7) is 4.24. The number of nitrogens with zero attached hydrogens (tertiary/aromatic N) is 4. The van der Waals surface area contributed by atoms with Crippen LogP contribution in [0.3, 0.4) is 0 Å². The summed E-state index contributed by atoms with van der Waals surface area (Å²) >= 11 is 1.14. The molecule has 0 spiro atoms. The summed E-state index contributed by atoms with van der Waals surface area (Å²) in [7, 11) is 0. The van der Waals surface area contributed by atoms with E-state index >= 15 is 0 Å². The first-order chi connectivity index (χ1) is 14.7. The predicted molar refractivity (Wildman–Crippen MR) is 111 cm³/mol. The van der Waals surface area contributed by atoms with E-state index in [1.54, 1.807) is 29.7 Å². The Morgan fingerprint density at radius 3 is 2.23 bits per heavy atom. The zero-order chi connectivity index (χ0) is 22.7. The van der Waals surface area contributed by atoms with Crippen LogP contribution in [0, 0.1) is 20.2 Å². The van der Waals surface area contributed by atoms with Crippen molar-refractivity contribution in [3.63, 3.8) is 0 Å². The molecule has 0 saturated carbocycles. The molecule has 1 aromatic heterocycles. The van der Waals surface area contributed by atoms with Gasteiger partial charge in [0.05, 0.1) is 43.9 Å². The smallest absolute Gasteiger partial charge is 0.338 e. The van der Waals surface area contributed by atoms with Crippen LogP contribution in [0.4, 0.5) is 11.4 Å². The number of aromatic nitrogens is 1. The zero-order valence-corrected chi connectivity index (χ0v) is 17.2. The molecule has 11 nitrogen and oxygen atoms in total. The minimum Gasteiger partial charge on any atom is -0.462 e. The van der Waals surface area contributed by atoms with Crippen LogP contribution in [0.15, 0.2) is 41.4 Å². The highest BCUT2D eigenvalue weighted by Gasteiger charge is 2.20. The van der Waals surface area contributed by atoms with Crippen molar-refractivity contribution in [3.05, 3.63) is 72.6 Å². The average Bonchev–Trinajstić information content (AvgIpc) is 3.09. The molecule has 1 heterocycles. The Labute approximate surface area is 178 Å². The molecule has 12 heteroatoms. The van der Waals surface area contributed by atoms with E-state index < -0.39 is 33.1 Å². The number of aryl methyl sites for hydroxylation is 1. The summed E-state index contributed by atoms with van der Waals surface area (Å²) in [6.07, 6.45) is 0. The van der Waals surface area contributed by atoms with Gasteiger partial charge in [-0.25, -0.2) is 4.79 Å². The second-order valence-electron chi connectivity index (χ2n) is 6.20. The summed E-state index contributed by atoms with van der Waals surface area (Å²) in [5.74, 6) is -1.33. The number of esters is 1. The average molecular weight is 444 g/mol. The topological polar surface area (TPSA) is 147 Å². The molecule has 0 bridgehead atoms. The van der Waals surface area contributed by atoms with E-state index in [-0.39, 0.29) is 17.0 Å². The lowest BCUT2D eigenvalue weighted by atomic mass is 10.1. The van der Waals surface area contributed by atoms with Crippen LogP contribution < -0.4 is 4.80 Å². The predicted octanol–water partition coefficient (Wildman–Crippen LogP) is 3.46. The lowest BCUT2D eigenvalue weighted by Gasteiger charge is -2.03. The Hall–Kier alpha value is -3.93. The van der Waals surface area contributed by atoms with Gasteiger partial charge in [-0.2, -0.15) is 4.99 Å². The quantitative estimate of drug-likeness (QED) is 0.321. The van der Waals surface area contributed by atoms with Crippen molar-refractivity contribution in [2.24, 2.45) is 4.99 Å². The highest BCUT2D eigenvalue weighted by Crippen LogP contribution is 2.24. The molecule has 0 saturated heterocycles. The van der Waals surface area contributed by atoms with E-state index in [1.165, 1.54) is 0 Å². The molecule has 0 radical (unpaired) electrons. The van der Waals surface area contributed by atoms with Crippen LogP contribution in [0.5, 0.6) is 0 Å². The van der Waals surface area contributed by atoms with Gasteiger partial charge in [0, 0.05) is 18.7 Å². The first kappa shape index (κ1) is 21.8. The Bertz CT molecular complexity index is 1260. The van der Waals surface area contributed by atoms with Crippen LogP contribution in [-0.4, -0.2) is 32.9 Å². The van der Waals surface area contributed by atoms with Crippen LogP contribution in [0.25, 0.3) is 10.2 Å². The number of hydrogen-bond donors (Lipinski definition) is 0. The summed E-state index contributed by atoms with van der Waals surface area (Å²) in [6, 6.07) is 7.62. The van der Waals surface area contributed by atoms with Gasteiger partial charge in [-0.3, -0.25) is 25.0 Å². The SMILES string of the molecule is CCOC(=O)c1ccc2c(c1)sc(=NC(=O)c1cc([N+](=O)[O-])cc([N+](=O)[O-])c1)n2CC. The number of carbonyl (C=O) groups is 2. The second-order valence-corrected chi connectivity index (χ2v) is 7.21. The normalized spacial score (nSPS) is 11.5. The highest BCUT2D eigenvalue weighted by atomic mass is 32.1. The Kier molecular flexibility index (Phi) is 6.20. The van der Waals surface area contributed by atoms with Crippen LogP contribution in [-0.2, 0) is 11.3 Å². The third-order valence-corrected chi connectivity index (χ3v) is 5.32. The van der Waals surface area contributed by atoms with E-state index in [4.69, 9.17) is 4.74 Å². The number of nitro groups is 2. The van der Waals surface area contributed by atoms with E-state index in [0.29, 0.717) is 16.8 Å². The molecule has 1 amide bonds. The van der Waals surface area contributed by atoms with Crippen LogP contribution in [0.2, 0.25) is 0 Å². The van der Waals surface area contributed by atoms with Gasteiger partial charge in [0.15, 0.2) is 4.80 Å². The fourth-order valence-electron chi connectivity index (χ4n) is 2.89. The van der Waals surface area contributed by atoms with Gasteiger partial charge in [-0.15, -0.1) is 0 Å². The summed E-state index contributed by atoms with van der Waals surface area (Å²) in [5, 5.41) is 22.1. The molecule has 0 unspecified atom stereocenters. The van der Waals surface area contributed by atoms with Crippen molar-refractivity contribution < 1.29 is 24.2 Å². The molecule has 0 aliphatic rings. The number of amides is 1. The summed E-state index contributed by atoms with van der Waals surface area (Å²) in [4.78, 5) is 49.5. The lowest BCUT2D eigenvalue weighted by Crippen LogP contribution is -2.16. The Balaban J connectivity index is 2.11. The third-order valence-electron chi connectivity index (χ3n) is 4.28. The Morgan fingerprint density at radius 2 is 1.68 bits per heavy atom. The van der Waals surface area contributed by atoms with Crippen molar-refractivity contribution in [2.75, 3.05) is 6.61 Å². The number of thiazole rings is 1. The number of carbonyl (C=O) groups excluding carboxylic acids is 2. The van der Waals surface area contributed by atoms with Crippen molar-refractivity contribution >= 4 is 44.8 Å². The zero-order valence-electron chi connectivity index (χ0n) is 16.4. The standard InChI is InChI=1S/C19H16N4O7S/c1-3-21-15-6-5-11(18(25)30-4-2)9-16(15)31-19(21)20-17(24)12-7-13(22(26)27)10-14(8-12)23(28)29/h5-10H,3-4H2,1-2H3. The summed E-state index contributed by atoms with van der Waals surface area (Å²) in [5.41, 5.74) is -0.338. The van der Waals surface area contributed by atoms with Crippen molar-refractivity contribution in [2.45, 2.75) is 20.4 Å². The molecule has 160 valence electrons. The maximum atomic E-state index is 12.7. The molecule has 0 aliphatic heterocycles. The molecule has 0 N–H and O–H groups in total. The van der Waals surface area contributed by atoms with Crippen LogP contribution >= 0.6 is 11.3 Å². The number of nitro benzene ring substituents is 2. The molecule has 31 heavy (non-hydrogen) atoms. The first-order valence-corrected chi connectivity index (χ1v) is 9.90. The molecule has 2 aromatic carbocycles. The van der Waals surface area contributed by atoms with E-state index in [9.17, 15) is 29.8 Å². The van der Waals surface area contributed by atoms with Gasteiger partial charge in [0.2, 0.25) is 0 Å². The molecule has 3 aromatic rings. The molecule has 0 fully saturated rings. The molecule has 0 atom stereocenters. The van der Waals surface area contributed by atoms with Crippen molar-refractivity contribution in [3.8, 4) is 0 Å². The number of non-ortho nitro benzene ring substituents is 2. The van der Waals surface area contributed by atoms with Gasteiger partial charge in [0.25, 0.3) is 17.3 Å². The molecular weight excluding hydrogens is 428 g/mol. The minimum atomic E-state index is -0.855. The van der Waals surface area contributed by atoms with Gasteiger partial charge in [0.1, 0.15) is 0 Å². The Morgan fingerprint density at radius 1 is 1.03 bits per heavy atom. The fourth-order valence-corrected chi connectivity index (χ4v) is 4.02. The molecular formula is C19H16N4O7S. The number of hydrogen-bond acceptors (Lipinski definition) is 8. The largest absolute Gasteiger partial charge is 0.462 e. The molecule has 3 rings (SSSR count). The van der Waals surface area contributed by atoms with Crippen LogP contribution in [0.1, 0.15) is 34.6 Å². The maximum absolute atomic E-state index is 12.7. The van der Waals surface area contributed by atoms with Crippen molar-refractivity contribution in [1.29, 1.82) is 0 Å². The van der Waals surface area contributed by atoms with Gasteiger partial charge in [-0.05, 0) is 32.0 Å². The summed E-state index contributed by atoms with van der Waals surface area (Å²) < 4.78 is 7.41. The number of benzene rings is 2. The first-order valence-electron chi connectivity index (χ1n) is 9.08. The minimum absolute atomic E-state index is 0.237. The van der Waals surface area contributed by atoms with E-state index in [0.717, 1.165) is 35.1 Å². The maximum Gasteiger partial charge on any atom is 0.338 e. The van der Waals surface area contributed by atoms with E-state index in [1.807, 2.05) is 6.92 Å². The second kappa shape index (κ2) is 8.83. The lowest BCUT2D eigenvalue weighted by molar-refractivity contribution is -0.394. The number of fused-ring (bicyclic) bond motifs is 1. The van der Waals surface area contributed by atoms with Crippen molar-refractivity contribution in [1.82, 2.24) is 4.57 Å². The monoisotopic (exact) mass is 444 g/mol. The third kappa shape index (κ3) is 4.48. The highest BCUT2D eigenvalue weighted by molar-refractivity contribution is 7.16. The van der Waals surface area contributed by atoms with E-state index in [2.05, 4.69) is 4.99 Å². The van der Waals surface area contributed by atoms with Gasteiger partial charge in [-0.1, -0.05) is 11.3 Å². The number of rotatable bonds is 6.